The molecule has 1 fully saturated rings. The summed E-state index contributed by atoms with van der Waals surface area (Å²) >= 11 is 0. The molecule has 1 aromatic rings. The maximum atomic E-state index is 12.6. The maximum absolute atomic E-state index is 12.6. The molecular formula is C13H14F3NO. The number of benzene rings is 1. The van der Waals surface area contributed by atoms with Gasteiger partial charge in [0.05, 0.1) is 11.6 Å². The predicted octanol–water partition coefficient (Wildman–Crippen LogP) is 3.14. The number of rotatable bonds is 0. The topological polar surface area (TPSA) is 21.3 Å². The van der Waals surface area contributed by atoms with Gasteiger partial charge in [0.2, 0.25) is 0 Å². The van der Waals surface area contributed by atoms with Gasteiger partial charge >= 0.3 is 6.18 Å². The van der Waals surface area contributed by atoms with Gasteiger partial charge in [-0.3, -0.25) is 0 Å². The Balaban J connectivity index is 1.93. The van der Waals surface area contributed by atoms with E-state index in [0.717, 1.165) is 30.7 Å². The molecule has 3 atom stereocenters. The van der Waals surface area contributed by atoms with Crippen LogP contribution >= 0.6 is 0 Å². The van der Waals surface area contributed by atoms with Gasteiger partial charge in [0.15, 0.2) is 0 Å². The molecule has 3 rings (SSSR count). The van der Waals surface area contributed by atoms with Crippen LogP contribution in [0.3, 0.4) is 0 Å². The molecule has 0 bridgehead atoms. The molecule has 2 heterocycles. The van der Waals surface area contributed by atoms with Crippen LogP contribution < -0.4 is 10.1 Å². The van der Waals surface area contributed by atoms with Crippen molar-refractivity contribution in [2.45, 2.75) is 31.7 Å². The Labute approximate surface area is 103 Å². The van der Waals surface area contributed by atoms with Crippen LogP contribution in [-0.2, 0) is 6.18 Å². The number of hydrogen-bond donors (Lipinski definition) is 1. The van der Waals surface area contributed by atoms with Gasteiger partial charge in [0, 0.05) is 5.56 Å². The Kier molecular flexibility index (Phi) is 2.55. The van der Waals surface area contributed by atoms with Crippen molar-refractivity contribution in [1.82, 2.24) is 5.32 Å². The number of alkyl halides is 3. The van der Waals surface area contributed by atoms with E-state index in [2.05, 4.69) is 12.2 Å². The molecule has 2 aliphatic rings. The largest absolute Gasteiger partial charge is 0.488 e. The van der Waals surface area contributed by atoms with Gasteiger partial charge in [-0.05, 0) is 31.0 Å². The molecule has 18 heavy (non-hydrogen) atoms. The van der Waals surface area contributed by atoms with Gasteiger partial charge in [-0.2, -0.15) is 13.2 Å². The molecule has 2 nitrogen and oxygen atoms in total. The summed E-state index contributed by atoms with van der Waals surface area (Å²) in [6, 6.07) is 3.81. The zero-order valence-electron chi connectivity index (χ0n) is 9.92. The van der Waals surface area contributed by atoms with E-state index in [1.54, 1.807) is 0 Å². The summed E-state index contributed by atoms with van der Waals surface area (Å²) in [5.41, 5.74) is 0.202. The lowest BCUT2D eigenvalue weighted by Crippen LogP contribution is -2.41. The van der Waals surface area contributed by atoms with Crippen molar-refractivity contribution >= 4 is 0 Å². The lowest BCUT2D eigenvalue weighted by atomic mass is 9.91. The highest BCUT2D eigenvalue weighted by Gasteiger charge is 2.40. The van der Waals surface area contributed by atoms with Crippen molar-refractivity contribution in [2.24, 2.45) is 5.92 Å². The van der Waals surface area contributed by atoms with Crippen molar-refractivity contribution in [2.75, 3.05) is 6.54 Å². The first-order valence-corrected chi connectivity index (χ1v) is 6.06. The molecule has 2 aliphatic heterocycles. The summed E-state index contributed by atoms with van der Waals surface area (Å²) in [7, 11) is 0. The minimum absolute atomic E-state index is 0.0350. The van der Waals surface area contributed by atoms with Gasteiger partial charge in [-0.1, -0.05) is 13.0 Å². The van der Waals surface area contributed by atoms with Crippen LogP contribution in [0.25, 0.3) is 0 Å². The second-order valence-corrected chi connectivity index (χ2v) is 5.13. The molecule has 0 aliphatic carbocycles. The highest BCUT2D eigenvalue weighted by Crippen LogP contribution is 2.43. The van der Waals surface area contributed by atoms with Crippen molar-refractivity contribution in [3.05, 3.63) is 29.3 Å². The molecule has 2 unspecified atom stereocenters. The summed E-state index contributed by atoms with van der Waals surface area (Å²) in [5, 5.41) is 3.34. The Morgan fingerprint density at radius 3 is 2.83 bits per heavy atom. The van der Waals surface area contributed by atoms with Crippen molar-refractivity contribution in [3.8, 4) is 5.75 Å². The zero-order chi connectivity index (χ0) is 12.9. The van der Waals surface area contributed by atoms with E-state index in [-0.39, 0.29) is 12.1 Å². The van der Waals surface area contributed by atoms with E-state index in [1.165, 1.54) is 6.07 Å². The highest BCUT2D eigenvalue weighted by molar-refractivity contribution is 5.44. The zero-order valence-corrected chi connectivity index (χ0v) is 9.92. The monoisotopic (exact) mass is 257 g/mol. The fourth-order valence-corrected chi connectivity index (χ4v) is 2.73. The van der Waals surface area contributed by atoms with Crippen LogP contribution in [0.1, 0.15) is 30.5 Å². The Morgan fingerprint density at radius 2 is 2.11 bits per heavy atom. The molecule has 0 radical (unpaired) electrons. The normalized spacial score (nSPS) is 30.6. The number of hydrogen-bond acceptors (Lipinski definition) is 2. The minimum atomic E-state index is -4.31. The van der Waals surface area contributed by atoms with E-state index in [1.807, 2.05) is 0 Å². The number of fused-ring (bicyclic) bond motifs is 3. The molecule has 1 saturated heterocycles. The molecule has 0 amide bonds. The Morgan fingerprint density at radius 1 is 1.33 bits per heavy atom. The van der Waals surface area contributed by atoms with E-state index in [0.29, 0.717) is 11.7 Å². The van der Waals surface area contributed by atoms with Crippen LogP contribution in [0.15, 0.2) is 18.2 Å². The Bertz CT molecular complexity index is 472. The van der Waals surface area contributed by atoms with Gasteiger partial charge in [0.1, 0.15) is 11.9 Å². The first kappa shape index (κ1) is 11.8. The summed E-state index contributed by atoms with van der Waals surface area (Å²) in [5.74, 6) is 0.865. The molecule has 0 saturated carbocycles. The fraction of sp³-hybridized carbons (Fsp3) is 0.538. The second-order valence-electron chi connectivity index (χ2n) is 5.13. The molecule has 5 heteroatoms. The van der Waals surface area contributed by atoms with Crippen molar-refractivity contribution < 1.29 is 17.9 Å². The van der Waals surface area contributed by atoms with Crippen LogP contribution in [0.4, 0.5) is 13.2 Å². The quantitative estimate of drug-likeness (QED) is 0.771. The van der Waals surface area contributed by atoms with E-state index >= 15 is 0 Å². The molecule has 1 aromatic carbocycles. The van der Waals surface area contributed by atoms with Crippen LogP contribution in [0.2, 0.25) is 0 Å². The third kappa shape index (κ3) is 1.86. The number of halogens is 3. The van der Waals surface area contributed by atoms with Gasteiger partial charge in [-0.25, -0.2) is 0 Å². The predicted molar refractivity (Wildman–Crippen MR) is 60.4 cm³/mol. The molecule has 98 valence electrons. The van der Waals surface area contributed by atoms with Crippen molar-refractivity contribution in [1.29, 1.82) is 0 Å². The third-order valence-corrected chi connectivity index (χ3v) is 3.65. The SMILES string of the molecule is C[C@@H]1CNC2c3ccc(C(F)(F)F)cc3OC2C1. The molecular weight excluding hydrogens is 243 g/mol. The van der Waals surface area contributed by atoms with Crippen LogP contribution in [0.5, 0.6) is 5.75 Å². The molecule has 1 N–H and O–H groups in total. The summed E-state index contributed by atoms with van der Waals surface area (Å²) in [6.45, 7) is 2.99. The number of nitrogens with one attached hydrogen (secondary N) is 1. The third-order valence-electron chi connectivity index (χ3n) is 3.65. The summed E-state index contributed by atoms with van der Waals surface area (Å²) in [6.07, 6.45) is -3.46. The Hall–Kier alpha value is -1.23. The first-order valence-electron chi connectivity index (χ1n) is 6.06. The van der Waals surface area contributed by atoms with E-state index in [4.69, 9.17) is 4.74 Å². The van der Waals surface area contributed by atoms with E-state index < -0.39 is 11.7 Å². The summed E-state index contributed by atoms with van der Waals surface area (Å²) in [4.78, 5) is 0. The minimum Gasteiger partial charge on any atom is -0.488 e. The average Bonchev–Trinajstić information content (AvgIpc) is 2.63. The lowest BCUT2D eigenvalue weighted by molar-refractivity contribution is -0.137. The second kappa shape index (κ2) is 3.88. The molecule has 0 aromatic heterocycles. The van der Waals surface area contributed by atoms with Gasteiger partial charge in [-0.15, -0.1) is 0 Å². The summed E-state index contributed by atoms with van der Waals surface area (Å²) < 4.78 is 43.5. The van der Waals surface area contributed by atoms with Gasteiger partial charge < -0.3 is 10.1 Å². The number of piperidine rings is 1. The molecule has 0 spiro atoms. The fourth-order valence-electron chi connectivity index (χ4n) is 2.73. The van der Waals surface area contributed by atoms with Crippen molar-refractivity contribution in [3.63, 3.8) is 0 Å². The van der Waals surface area contributed by atoms with Crippen LogP contribution in [-0.4, -0.2) is 12.6 Å². The standard InChI is InChI=1S/C13H14F3NO/c1-7-4-11-12(17-6-7)9-3-2-8(13(14,15)16)5-10(9)18-11/h2-3,5,7,11-12,17H,4,6H2,1H3/t7-,11?,12?/m0/s1. The van der Waals surface area contributed by atoms with E-state index in [9.17, 15) is 13.2 Å². The highest BCUT2D eigenvalue weighted by atomic mass is 19.4. The average molecular weight is 257 g/mol. The number of ether oxygens (including phenoxy) is 1. The maximum Gasteiger partial charge on any atom is 0.416 e. The lowest BCUT2D eigenvalue weighted by Gasteiger charge is -2.29. The van der Waals surface area contributed by atoms with Crippen LogP contribution in [0, 0.1) is 5.92 Å². The smallest absolute Gasteiger partial charge is 0.416 e. The first-order chi connectivity index (χ1) is 8.45. The van der Waals surface area contributed by atoms with Gasteiger partial charge in [0.25, 0.3) is 0 Å².